The van der Waals surface area contributed by atoms with E-state index in [0.29, 0.717) is 17.4 Å². The van der Waals surface area contributed by atoms with E-state index in [0.717, 1.165) is 32.1 Å². The molecule has 0 aliphatic heterocycles. The molecule has 1 aromatic rings. The minimum Gasteiger partial charge on any atom is -0.490 e. The van der Waals surface area contributed by atoms with Gasteiger partial charge < -0.3 is 20.9 Å². The maximum atomic E-state index is 10.1. The van der Waals surface area contributed by atoms with E-state index in [4.69, 9.17) is 10.5 Å². The Balaban J connectivity index is 2.14. The van der Waals surface area contributed by atoms with E-state index < -0.39 is 0 Å². The van der Waals surface area contributed by atoms with Gasteiger partial charge >= 0.3 is 0 Å². The average molecular weight is 252 g/mol. The lowest BCUT2D eigenvalue weighted by Crippen LogP contribution is -2.33. The molecule has 1 fully saturated rings. The predicted molar refractivity (Wildman–Crippen MR) is 69.5 cm³/mol. The Bertz CT molecular complexity index is 400. The lowest BCUT2D eigenvalue weighted by Gasteiger charge is -2.23. The summed E-state index contributed by atoms with van der Waals surface area (Å²) >= 11 is 0. The summed E-state index contributed by atoms with van der Waals surface area (Å²) in [4.78, 5) is 8.01. The van der Waals surface area contributed by atoms with Crippen molar-refractivity contribution in [2.75, 3.05) is 18.2 Å². The summed E-state index contributed by atoms with van der Waals surface area (Å²) < 4.78 is 5.19. The Hall–Kier alpha value is -1.56. The summed E-state index contributed by atoms with van der Waals surface area (Å²) in [6.45, 7) is 0. The summed E-state index contributed by atoms with van der Waals surface area (Å²) in [5, 5.41) is 13.3. The second-order valence-electron chi connectivity index (χ2n) is 4.60. The van der Waals surface area contributed by atoms with Gasteiger partial charge in [-0.25, -0.2) is 9.97 Å². The first-order chi connectivity index (χ1) is 8.72. The van der Waals surface area contributed by atoms with Gasteiger partial charge in [0.05, 0.1) is 19.3 Å². The van der Waals surface area contributed by atoms with E-state index in [-0.39, 0.29) is 12.1 Å². The zero-order valence-electron chi connectivity index (χ0n) is 10.6. The Labute approximate surface area is 107 Å². The molecular formula is C12H20N4O2. The van der Waals surface area contributed by atoms with Crippen LogP contribution in [0.3, 0.4) is 0 Å². The van der Waals surface area contributed by atoms with Gasteiger partial charge in [-0.15, -0.1) is 0 Å². The van der Waals surface area contributed by atoms with Crippen molar-refractivity contribution in [1.29, 1.82) is 0 Å². The fraction of sp³-hybridized carbons (Fsp3) is 0.667. The van der Waals surface area contributed by atoms with Crippen molar-refractivity contribution in [1.82, 2.24) is 9.97 Å². The number of hydrogen-bond acceptors (Lipinski definition) is 6. The highest BCUT2D eigenvalue weighted by atomic mass is 16.5. The largest absolute Gasteiger partial charge is 0.490 e. The number of hydrogen-bond donors (Lipinski definition) is 3. The molecule has 6 heteroatoms. The van der Waals surface area contributed by atoms with Gasteiger partial charge in [-0.1, -0.05) is 19.3 Å². The topological polar surface area (TPSA) is 93.3 Å². The number of nitrogens with zero attached hydrogens (tertiary/aromatic N) is 2. The Morgan fingerprint density at radius 2 is 2.11 bits per heavy atom. The fourth-order valence-electron chi connectivity index (χ4n) is 2.32. The molecule has 1 heterocycles. The van der Waals surface area contributed by atoms with Crippen molar-refractivity contribution in [3.8, 4) is 5.75 Å². The van der Waals surface area contributed by atoms with E-state index in [1.807, 2.05) is 0 Å². The molecule has 2 unspecified atom stereocenters. The van der Waals surface area contributed by atoms with E-state index in [2.05, 4.69) is 15.3 Å². The first-order valence-electron chi connectivity index (χ1n) is 6.31. The van der Waals surface area contributed by atoms with E-state index in [1.165, 1.54) is 13.4 Å². The monoisotopic (exact) mass is 252 g/mol. The third-order valence-electron chi connectivity index (χ3n) is 3.34. The maximum absolute atomic E-state index is 10.1. The molecule has 2 rings (SSSR count). The van der Waals surface area contributed by atoms with Crippen molar-refractivity contribution in [2.45, 2.75) is 44.2 Å². The third kappa shape index (κ3) is 2.81. The number of anilines is 2. The molecule has 2 atom stereocenters. The van der Waals surface area contributed by atoms with Gasteiger partial charge in [0.15, 0.2) is 11.6 Å². The van der Waals surface area contributed by atoms with E-state index in [9.17, 15) is 5.11 Å². The SMILES string of the molecule is COc1c(N)ncnc1NC1CCCCCC1O. The summed E-state index contributed by atoms with van der Waals surface area (Å²) in [6.07, 6.45) is 6.13. The highest BCUT2D eigenvalue weighted by Gasteiger charge is 2.23. The first-order valence-corrected chi connectivity index (χ1v) is 6.31. The summed E-state index contributed by atoms with van der Waals surface area (Å²) in [5.74, 6) is 1.29. The van der Waals surface area contributed by atoms with Crippen LogP contribution in [-0.4, -0.2) is 34.3 Å². The minimum absolute atomic E-state index is 0.00398. The minimum atomic E-state index is -0.353. The molecule has 18 heavy (non-hydrogen) atoms. The van der Waals surface area contributed by atoms with E-state index >= 15 is 0 Å². The molecule has 1 aliphatic carbocycles. The van der Waals surface area contributed by atoms with Gasteiger partial charge in [0.25, 0.3) is 0 Å². The van der Waals surface area contributed by atoms with Crippen LogP contribution in [0.4, 0.5) is 11.6 Å². The van der Waals surface area contributed by atoms with Gasteiger partial charge in [0, 0.05) is 0 Å². The molecule has 1 aliphatic rings. The highest BCUT2D eigenvalue weighted by molar-refractivity contribution is 5.61. The van der Waals surface area contributed by atoms with Crippen LogP contribution in [0.2, 0.25) is 0 Å². The van der Waals surface area contributed by atoms with Gasteiger partial charge in [0.2, 0.25) is 5.75 Å². The fourth-order valence-corrected chi connectivity index (χ4v) is 2.32. The summed E-state index contributed by atoms with van der Waals surface area (Å²) in [5.41, 5.74) is 5.72. The molecule has 0 radical (unpaired) electrons. The number of aliphatic hydroxyl groups excluding tert-OH is 1. The number of nitrogen functional groups attached to an aromatic ring is 1. The van der Waals surface area contributed by atoms with Crippen LogP contribution < -0.4 is 15.8 Å². The van der Waals surface area contributed by atoms with Gasteiger partial charge in [-0.3, -0.25) is 0 Å². The molecule has 4 N–H and O–H groups in total. The molecule has 1 aromatic heterocycles. The molecule has 0 amide bonds. The Morgan fingerprint density at radius 1 is 1.33 bits per heavy atom. The number of nitrogens with one attached hydrogen (secondary N) is 1. The second-order valence-corrected chi connectivity index (χ2v) is 4.60. The molecular weight excluding hydrogens is 232 g/mol. The number of nitrogens with two attached hydrogens (primary N) is 1. The normalized spacial score (nSPS) is 24.3. The van der Waals surface area contributed by atoms with Crippen LogP contribution in [-0.2, 0) is 0 Å². The number of rotatable bonds is 3. The quantitative estimate of drug-likeness (QED) is 0.699. The summed E-state index contributed by atoms with van der Waals surface area (Å²) in [6, 6.07) is -0.00398. The zero-order valence-corrected chi connectivity index (χ0v) is 10.6. The van der Waals surface area contributed by atoms with Crippen molar-refractivity contribution >= 4 is 11.6 Å². The van der Waals surface area contributed by atoms with Crippen molar-refractivity contribution in [3.63, 3.8) is 0 Å². The smallest absolute Gasteiger partial charge is 0.203 e. The number of aromatic nitrogens is 2. The van der Waals surface area contributed by atoms with Crippen molar-refractivity contribution in [2.24, 2.45) is 0 Å². The van der Waals surface area contributed by atoms with Gasteiger partial charge in [-0.2, -0.15) is 0 Å². The number of ether oxygens (including phenoxy) is 1. The van der Waals surface area contributed by atoms with Crippen molar-refractivity contribution < 1.29 is 9.84 Å². The lowest BCUT2D eigenvalue weighted by atomic mass is 10.1. The van der Waals surface area contributed by atoms with Crippen LogP contribution in [0.25, 0.3) is 0 Å². The standard InChI is InChI=1S/C12H20N4O2/c1-18-10-11(13)14-7-15-12(10)16-8-5-3-2-4-6-9(8)17/h7-9,17H,2-6H2,1H3,(H3,13,14,15,16). The number of aliphatic hydroxyl groups is 1. The maximum Gasteiger partial charge on any atom is 0.203 e. The van der Waals surface area contributed by atoms with Crippen LogP contribution >= 0.6 is 0 Å². The highest BCUT2D eigenvalue weighted by Crippen LogP contribution is 2.29. The number of methoxy groups -OCH3 is 1. The second kappa shape index (κ2) is 5.86. The molecule has 0 saturated heterocycles. The zero-order chi connectivity index (χ0) is 13.0. The molecule has 0 aromatic carbocycles. The molecule has 1 saturated carbocycles. The van der Waals surface area contributed by atoms with Crippen LogP contribution in [0, 0.1) is 0 Å². The van der Waals surface area contributed by atoms with Crippen LogP contribution in [0.5, 0.6) is 5.75 Å². The molecule has 100 valence electrons. The van der Waals surface area contributed by atoms with Crippen molar-refractivity contribution in [3.05, 3.63) is 6.33 Å². The lowest BCUT2D eigenvalue weighted by molar-refractivity contribution is 0.144. The molecule has 0 spiro atoms. The van der Waals surface area contributed by atoms with Crippen LogP contribution in [0.1, 0.15) is 32.1 Å². The van der Waals surface area contributed by atoms with Gasteiger partial charge in [0.1, 0.15) is 6.33 Å². The molecule has 0 bridgehead atoms. The average Bonchev–Trinajstić information content (AvgIpc) is 2.55. The third-order valence-corrected chi connectivity index (χ3v) is 3.34. The predicted octanol–water partition coefficient (Wildman–Crippen LogP) is 1.17. The summed E-state index contributed by atoms with van der Waals surface area (Å²) in [7, 11) is 1.53. The van der Waals surface area contributed by atoms with Crippen LogP contribution in [0.15, 0.2) is 6.33 Å². The Kier molecular flexibility index (Phi) is 4.19. The first kappa shape index (κ1) is 12.9. The van der Waals surface area contributed by atoms with E-state index in [1.54, 1.807) is 0 Å². The Morgan fingerprint density at radius 3 is 2.89 bits per heavy atom. The van der Waals surface area contributed by atoms with Gasteiger partial charge in [-0.05, 0) is 12.8 Å². The molecule has 6 nitrogen and oxygen atoms in total.